The molecule has 0 saturated heterocycles. The van der Waals surface area contributed by atoms with Gasteiger partial charge in [-0.2, -0.15) is 9.97 Å². The number of halogens is 1. The molecule has 1 aliphatic carbocycles. The van der Waals surface area contributed by atoms with Crippen LogP contribution in [-0.2, 0) is 0 Å². The number of nitrogens with zero attached hydrogens (tertiary/aromatic N) is 4. The van der Waals surface area contributed by atoms with Crippen molar-refractivity contribution in [3.63, 3.8) is 0 Å². The van der Waals surface area contributed by atoms with Gasteiger partial charge in [-0.1, -0.05) is 13.8 Å². The van der Waals surface area contributed by atoms with E-state index in [4.69, 9.17) is 17.3 Å². The van der Waals surface area contributed by atoms with Crippen molar-refractivity contribution in [3.05, 3.63) is 11.6 Å². The maximum atomic E-state index is 10.6. The molecule has 5 atom stereocenters. The summed E-state index contributed by atoms with van der Waals surface area (Å²) < 4.78 is 1.66. The smallest absolute Gasteiger partial charge is 0.226 e. The first-order valence-electron chi connectivity index (χ1n) is 7.50. The number of fused-ring (bicyclic) bond motifs is 1. The molecule has 2 heterocycles. The second-order valence-electron chi connectivity index (χ2n) is 6.16. The Labute approximate surface area is 137 Å². The van der Waals surface area contributed by atoms with Crippen LogP contribution >= 0.6 is 11.6 Å². The second kappa shape index (κ2) is 5.55. The predicted molar refractivity (Wildman–Crippen MR) is 84.8 cm³/mol. The van der Waals surface area contributed by atoms with Gasteiger partial charge in [-0.25, -0.2) is 4.98 Å². The molecule has 5 N–H and O–H groups in total. The monoisotopic (exact) mass is 341 g/mol. The number of hydrogen-bond donors (Lipinski definition) is 4. The Kier molecular flexibility index (Phi) is 3.96. The highest BCUT2D eigenvalue weighted by molar-refractivity contribution is 6.28. The van der Waals surface area contributed by atoms with Gasteiger partial charge >= 0.3 is 0 Å². The molecule has 0 aromatic carbocycles. The van der Waals surface area contributed by atoms with Gasteiger partial charge in [0.05, 0.1) is 25.1 Å². The van der Waals surface area contributed by atoms with Crippen molar-refractivity contribution in [2.24, 2.45) is 11.3 Å². The summed E-state index contributed by atoms with van der Waals surface area (Å²) in [4.78, 5) is 12.2. The first-order valence-corrected chi connectivity index (χ1v) is 7.87. The first kappa shape index (κ1) is 16.4. The molecule has 23 heavy (non-hydrogen) atoms. The number of aliphatic hydroxyl groups is 3. The Morgan fingerprint density at radius 2 is 2.09 bits per heavy atom. The van der Waals surface area contributed by atoms with E-state index in [2.05, 4.69) is 15.0 Å². The summed E-state index contributed by atoms with van der Waals surface area (Å²) in [7, 11) is 0. The summed E-state index contributed by atoms with van der Waals surface area (Å²) in [6, 6.07) is -0.507. The maximum absolute atomic E-state index is 10.6. The van der Waals surface area contributed by atoms with E-state index < -0.39 is 23.7 Å². The van der Waals surface area contributed by atoms with Crippen molar-refractivity contribution >= 4 is 28.6 Å². The third-order valence-electron chi connectivity index (χ3n) is 5.38. The Bertz CT molecular complexity index is 733. The highest BCUT2D eigenvalue weighted by atomic mass is 35.5. The lowest BCUT2D eigenvalue weighted by atomic mass is 9.75. The number of nitrogens with two attached hydrogens (primary N) is 1. The zero-order valence-corrected chi connectivity index (χ0v) is 13.6. The standard InChI is InChI=1S/C14H20ClN5O3/c1-3-14(4-21)6(2)8(9(22)10(14)23)20-5-17-7-11(16)18-13(15)19-12(7)20/h5-6,8-10,21-23H,3-4H2,1-2H3,(H2,16,18,19)/t6-,8-,9+,10+,14+/m1/s1. The van der Waals surface area contributed by atoms with Crippen LogP contribution in [0, 0.1) is 11.3 Å². The lowest BCUT2D eigenvalue weighted by molar-refractivity contribution is -0.0584. The predicted octanol–water partition coefficient (Wildman–Crippen LogP) is 0.363. The van der Waals surface area contributed by atoms with Crippen LogP contribution in [0.4, 0.5) is 5.82 Å². The highest BCUT2D eigenvalue weighted by Gasteiger charge is 2.57. The molecular weight excluding hydrogens is 322 g/mol. The molecule has 2 aromatic rings. The van der Waals surface area contributed by atoms with E-state index in [0.717, 1.165) is 0 Å². The molecule has 0 spiro atoms. The molecule has 1 fully saturated rings. The third-order valence-corrected chi connectivity index (χ3v) is 5.55. The molecule has 0 unspecified atom stereocenters. The molecule has 8 nitrogen and oxygen atoms in total. The zero-order valence-electron chi connectivity index (χ0n) is 12.9. The van der Waals surface area contributed by atoms with Crippen molar-refractivity contribution in [1.82, 2.24) is 19.5 Å². The van der Waals surface area contributed by atoms with Gasteiger partial charge < -0.3 is 25.6 Å². The molecule has 0 aliphatic heterocycles. The number of aromatic nitrogens is 4. The van der Waals surface area contributed by atoms with Crippen LogP contribution in [0.2, 0.25) is 5.28 Å². The number of rotatable bonds is 3. The maximum Gasteiger partial charge on any atom is 0.226 e. The second-order valence-corrected chi connectivity index (χ2v) is 6.50. The van der Waals surface area contributed by atoms with Crippen LogP contribution in [0.3, 0.4) is 0 Å². The Morgan fingerprint density at radius 1 is 1.39 bits per heavy atom. The normalized spacial score (nSPS) is 34.3. The fourth-order valence-corrected chi connectivity index (χ4v) is 4.02. The minimum atomic E-state index is -1.07. The highest BCUT2D eigenvalue weighted by Crippen LogP contribution is 2.51. The lowest BCUT2D eigenvalue weighted by Crippen LogP contribution is -2.41. The van der Waals surface area contributed by atoms with E-state index in [1.54, 1.807) is 4.57 Å². The summed E-state index contributed by atoms with van der Waals surface area (Å²) in [5.74, 6) is -0.0572. The van der Waals surface area contributed by atoms with Gasteiger partial charge in [0.15, 0.2) is 11.5 Å². The molecule has 3 rings (SSSR count). The van der Waals surface area contributed by atoms with Gasteiger partial charge in [-0.05, 0) is 23.9 Å². The first-order chi connectivity index (χ1) is 10.9. The summed E-state index contributed by atoms with van der Waals surface area (Å²) in [5, 5.41) is 30.9. The number of nitrogen functional groups attached to an aromatic ring is 1. The van der Waals surface area contributed by atoms with Gasteiger partial charge in [-0.3, -0.25) is 0 Å². The van der Waals surface area contributed by atoms with E-state index in [1.807, 2.05) is 13.8 Å². The van der Waals surface area contributed by atoms with E-state index >= 15 is 0 Å². The van der Waals surface area contributed by atoms with Crippen LogP contribution in [0.15, 0.2) is 6.33 Å². The Morgan fingerprint density at radius 3 is 2.65 bits per heavy atom. The number of aliphatic hydroxyl groups excluding tert-OH is 3. The van der Waals surface area contributed by atoms with Gasteiger partial charge in [0, 0.05) is 5.41 Å². The molecule has 0 amide bonds. The molecule has 0 radical (unpaired) electrons. The summed E-state index contributed by atoms with van der Waals surface area (Å²) in [6.07, 6.45) is -0.0787. The fraction of sp³-hybridized carbons (Fsp3) is 0.643. The summed E-state index contributed by atoms with van der Waals surface area (Å²) in [6.45, 7) is 3.56. The average molecular weight is 342 g/mol. The van der Waals surface area contributed by atoms with Crippen molar-refractivity contribution < 1.29 is 15.3 Å². The molecule has 2 aromatic heterocycles. The van der Waals surface area contributed by atoms with Gasteiger partial charge in [-0.15, -0.1) is 0 Å². The molecule has 1 saturated carbocycles. The fourth-order valence-electron chi connectivity index (χ4n) is 3.85. The summed E-state index contributed by atoms with van der Waals surface area (Å²) in [5.41, 5.74) is 5.81. The molecule has 126 valence electrons. The van der Waals surface area contributed by atoms with E-state index in [1.165, 1.54) is 6.33 Å². The van der Waals surface area contributed by atoms with Crippen LogP contribution in [0.25, 0.3) is 11.2 Å². The minimum Gasteiger partial charge on any atom is -0.396 e. The minimum absolute atomic E-state index is 0.0126. The SMILES string of the molecule is CC[C@]1(CO)[C@H](C)[C@@H](n2cnc3c(N)nc(Cl)nc32)[C@H](O)[C@@H]1O. The van der Waals surface area contributed by atoms with Gasteiger partial charge in [0.25, 0.3) is 0 Å². The van der Waals surface area contributed by atoms with Crippen LogP contribution < -0.4 is 5.73 Å². The quantitative estimate of drug-likeness (QED) is 0.593. The number of imidazole rings is 1. The lowest BCUT2D eigenvalue weighted by Gasteiger charge is -2.34. The number of anilines is 1. The van der Waals surface area contributed by atoms with Gasteiger partial charge in [0.1, 0.15) is 11.6 Å². The largest absolute Gasteiger partial charge is 0.396 e. The zero-order chi connectivity index (χ0) is 16.9. The van der Waals surface area contributed by atoms with Gasteiger partial charge in [0.2, 0.25) is 5.28 Å². The molecule has 0 bridgehead atoms. The molecular formula is C14H20ClN5O3. The topological polar surface area (TPSA) is 130 Å². The van der Waals surface area contributed by atoms with E-state index in [-0.39, 0.29) is 23.6 Å². The van der Waals surface area contributed by atoms with Crippen molar-refractivity contribution in [2.75, 3.05) is 12.3 Å². The number of hydrogen-bond acceptors (Lipinski definition) is 7. The van der Waals surface area contributed by atoms with Crippen LogP contribution in [0.1, 0.15) is 26.3 Å². The van der Waals surface area contributed by atoms with Crippen molar-refractivity contribution in [3.8, 4) is 0 Å². The average Bonchev–Trinajstić information content (AvgIpc) is 2.99. The summed E-state index contributed by atoms with van der Waals surface area (Å²) >= 11 is 5.88. The third kappa shape index (κ3) is 2.13. The van der Waals surface area contributed by atoms with Crippen LogP contribution in [-0.4, -0.2) is 53.7 Å². The Balaban J connectivity index is 2.15. The molecule has 1 aliphatic rings. The van der Waals surface area contributed by atoms with E-state index in [0.29, 0.717) is 17.6 Å². The molecule has 9 heteroatoms. The Hall–Kier alpha value is -1.48. The van der Waals surface area contributed by atoms with Crippen LogP contribution in [0.5, 0.6) is 0 Å². The van der Waals surface area contributed by atoms with Crippen molar-refractivity contribution in [2.45, 2.75) is 38.5 Å². The van der Waals surface area contributed by atoms with Crippen molar-refractivity contribution in [1.29, 1.82) is 0 Å². The van der Waals surface area contributed by atoms with E-state index in [9.17, 15) is 15.3 Å².